The normalized spacial score (nSPS) is 14.4. The summed E-state index contributed by atoms with van der Waals surface area (Å²) in [6, 6.07) is 13.3. The number of halogens is 2. The fourth-order valence-electron chi connectivity index (χ4n) is 4.21. The maximum absolute atomic E-state index is 11.1. The summed E-state index contributed by atoms with van der Waals surface area (Å²) in [5.74, 6) is 0.618. The van der Waals surface area contributed by atoms with Crippen molar-refractivity contribution in [3.8, 4) is 5.75 Å². The number of nitrogens with zero attached hydrogens (tertiary/aromatic N) is 6. The molecule has 0 N–H and O–H groups in total. The lowest BCUT2D eigenvalue weighted by molar-refractivity contribution is 0.112. The van der Waals surface area contributed by atoms with E-state index in [2.05, 4.69) is 53.2 Å². The van der Waals surface area contributed by atoms with E-state index in [0.717, 1.165) is 66.6 Å². The fourth-order valence-corrected chi connectivity index (χ4v) is 4.72. The van der Waals surface area contributed by atoms with Crippen molar-refractivity contribution in [2.45, 2.75) is 13.2 Å². The molecule has 3 heterocycles. The zero-order chi connectivity index (χ0) is 24.2. The number of fused-ring (bicyclic) bond motifs is 1. The van der Waals surface area contributed by atoms with Crippen molar-refractivity contribution in [2.24, 2.45) is 0 Å². The zero-order valence-corrected chi connectivity index (χ0v) is 21.3. The van der Waals surface area contributed by atoms with Gasteiger partial charge in [0.05, 0.1) is 18.3 Å². The van der Waals surface area contributed by atoms with Crippen molar-refractivity contribution in [1.82, 2.24) is 24.9 Å². The standard InChI is InChI=1S/C25H24BrClN6O2/c26-23-4-2-21(13-18(23)16-34)35-17-20-15-33(30-29-20)12-9-31-7-10-32(11-8-31)25-5-6-28-24-14-19(27)1-3-22(24)25/h1-6,13-16H,7-12,17H2. The first kappa shape index (κ1) is 23.7. The third-order valence-corrected chi connectivity index (χ3v) is 7.06. The number of benzene rings is 2. The molecule has 0 radical (unpaired) electrons. The summed E-state index contributed by atoms with van der Waals surface area (Å²) in [6.45, 7) is 5.82. The number of aromatic nitrogens is 4. The Hall–Kier alpha value is -3.01. The number of ether oxygens (including phenoxy) is 1. The highest BCUT2D eigenvalue weighted by atomic mass is 79.9. The van der Waals surface area contributed by atoms with Crippen molar-refractivity contribution in [3.05, 3.63) is 75.6 Å². The highest BCUT2D eigenvalue weighted by molar-refractivity contribution is 9.10. The van der Waals surface area contributed by atoms with Gasteiger partial charge in [-0.2, -0.15) is 0 Å². The lowest BCUT2D eigenvalue weighted by Gasteiger charge is -2.36. The van der Waals surface area contributed by atoms with Gasteiger partial charge in [-0.15, -0.1) is 5.10 Å². The maximum Gasteiger partial charge on any atom is 0.151 e. The lowest BCUT2D eigenvalue weighted by Crippen LogP contribution is -2.47. The van der Waals surface area contributed by atoms with E-state index in [1.54, 1.807) is 12.1 Å². The number of pyridine rings is 1. The molecular weight excluding hydrogens is 532 g/mol. The van der Waals surface area contributed by atoms with Gasteiger partial charge in [0, 0.05) is 65.1 Å². The third-order valence-electron chi connectivity index (χ3n) is 6.11. The van der Waals surface area contributed by atoms with Crippen molar-refractivity contribution in [1.29, 1.82) is 0 Å². The molecule has 1 saturated heterocycles. The van der Waals surface area contributed by atoms with Gasteiger partial charge in [-0.1, -0.05) is 32.7 Å². The number of rotatable bonds is 8. The summed E-state index contributed by atoms with van der Waals surface area (Å²) < 4.78 is 8.36. The van der Waals surface area contributed by atoms with Gasteiger partial charge in [-0.25, -0.2) is 0 Å². The Morgan fingerprint density at radius 3 is 2.74 bits per heavy atom. The molecule has 0 aliphatic carbocycles. The molecule has 1 aliphatic rings. The molecule has 0 spiro atoms. The fraction of sp³-hybridized carbons (Fsp3) is 0.280. The van der Waals surface area contributed by atoms with Crippen LogP contribution in [-0.4, -0.2) is 63.9 Å². The van der Waals surface area contributed by atoms with Crippen LogP contribution in [0.5, 0.6) is 5.75 Å². The van der Waals surface area contributed by atoms with Crippen molar-refractivity contribution < 1.29 is 9.53 Å². The first-order chi connectivity index (χ1) is 17.1. The molecule has 35 heavy (non-hydrogen) atoms. The monoisotopic (exact) mass is 554 g/mol. The molecule has 5 rings (SSSR count). The molecule has 0 atom stereocenters. The van der Waals surface area contributed by atoms with E-state index >= 15 is 0 Å². The second kappa shape index (κ2) is 10.7. The molecule has 2 aromatic carbocycles. The summed E-state index contributed by atoms with van der Waals surface area (Å²) in [5.41, 5.74) is 3.42. The van der Waals surface area contributed by atoms with Crippen LogP contribution in [0.1, 0.15) is 16.1 Å². The molecule has 0 bridgehead atoms. The molecule has 10 heteroatoms. The van der Waals surface area contributed by atoms with Crippen LogP contribution in [0.4, 0.5) is 5.69 Å². The minimum Gasteiger partial charge on any atom is -0.487 e. The van der Waals surface area contributed by atoms with Gasteiger partial charge in [0.15, 0.2) is 6.29 Å². The molecule has 8 nitrogen and oxygen atoms in total. The number of anilines is 1. The third kappa shape index (κ3) is 5.63. The van der Waals surface area contributed by atoms with Crippen LogP contribution in [-0.2, 0) is 13.2 Å². The van der Waals surface area contributed by atoms with Gasteiger partial charge in [-0.3, -0.25) is 19.4 Å². The van der Waals surface area contributed by atoms with E-state index in [0.29, 0.717) is 22.9 Å². The smallest absolute Gasteiger partial charge is 0.151 e. The van der Waals surface area contributed by atoms with Crippen LogP contribution in [0.2, 0.25) is 5.02 Å². The first-order valence-electron chi connectivity index (χ1n) is 11.4. The van der Waals surface area contributed by atoms with Crippen LogP contribution in [0.25, 0.3) is 10.9 Å². The van der Waals surface area contributed by atoms with Gasteiger partial charge in [0.2, 0.25) is 0 Å². The molecular formula is C25H24BrClN6O2. The molecule has 1 aliphatic heterocycles. The van der Waals surface area contributed by atoms with Gasteiger partial charge in [0.1, 0.15) is 18.1 Å². The number of piperazine rings is 1. The van der Waals surface area contributed by atoms with Crippen LogP contribution in [0.3, 0.4) is 0 Å². The Kier molecular flexibility index (Phi) is 7.26. The summed E-state index contributed by atoms with van der Waals surface area (Å²) in [6.07, 6.45) is 4.55. The predicted octanol–water partition coefficient (Wildman–Crippen LogP) is 4.46. The SMILES string of the molecule is O=Cc1cc(OCc2cn(CCN3CCN(c4ccnc5cc(Cl)ccc45)CC3)nn2)ccc1Br. The molecule has 0 saturated carbocycles. The molecule has 2 aromatic heterocycles. The van der Waals surface area contributed by atoms with Crippen molar-refractivity contribution >= 4 is 50.4 Å². The van der Waals surface area contributed by atoms with Crippen molar-refractivity contribution in [3.63, 3.8) is 0 Å². The Bertz CT molecular complexity index is 1340. The zero-order valence-electron chi connectivity index (χ0n) is 19.0. The predicted molar refractivity (Wildman–Crippen MR) is 139 cm³/mol. The number of hydrogen-bond donors (Lipinski definition) is 0. The number of aldehydes is 1. The average molecular weight is 556 g/mol. The highest BCUT2D eigenvalue weighted by Crippen LogP contribution is 2.28. The first-order valence-corrected chi connectivity index (χ1v) is 12.5. The number of carbonyl (C=O) groups is 1. The Labute approximate surface area is 216 Å². The van der Waals surface area contributed by atoms with E-state index in [-0.39, 0.29) is 0 Å². The van der Waals surface area contributed by atoms with Crippen LogP contribution in [0.15, 0.2) is 59.3 Å². The van der Waals surface area contributed by atoms with Crippen molar-refractivity contribution in [2.75, 3.05) is 37.6 Å². The molecule has 1 fully saturated rings. The lowest BCUT2D eigenvalue weighted by atomic mass is 10.1. The van der Waals surface area contributed by atoms with Crippen LogP contribution in [0, 0.1) is 0 Å². The Morgan fingerprint density at radius 1 is 1.06 bits per heavy atom. The largest absolute Gasteiger partial charge is 0.487 e. The van der Waals surface area contributed by atoms with Crippen LogP contribution >= 0.6 is 27.5 Å². The van der Waals surface area contributed by atoms with Gasteiger partial charge >= 0.3 is 0 Å². The molecule has 4 aromatic rings. The summed E-state index contributed by atoms with van der Waals surface area (Å²) >= 11 is 9.47. The topological polar surface area (TPSA) is 76.4 Å². The van der Waals surface area contributed by atoms with E-state index in [4.69, 9.17) is 16.3 Å². The minimum atomic E-state index is 0.295. The summed E-state index contributed by atoms with van der Waals surface area (Å²) in [4.78, 5) is 20.4. The number of carbonyl (C=O) groups excluding carboxylic acids is 1. The Balaban J connectivity index is 1.11. The maximum atomic E-state index is 11.1. The average Bonchev–Trinajstić information content (AvgIpc) is 3.34. The number of hydrogen-bond acceptors (Lipinski definition) is 7. The quantitative estimate of drug-likeness (QED) is 0.297. The van der Waals surface area contributed by atoms with Crippen LogP contribution < -0.4 is 9.64 Å². The van der Waals surface area contributed by atoms with E-state index < -0.39 is 0 Å². The molecule has 0 unspecified atom stereocenters. The molecule has 0 amide bonds. The summed E-state index contributed by atoms with van der Waals surface area (Å²) in [7, 11) is 0. The second-order valence-corrected chi connectivity index (χ2v) is 9.67. The van der Waals surface area contributed by atoms with Gasteiger partial charge in [0.25, 0.3) is 0 Å². The Morgan fingerprint density at radius 2 is 1.91 bits per heavy atom. The van der Waals surface area contributed by atoms with E-state index in [9.17, 15) is 4.79 Å². The summed E-state index contributed by atoms with van der Waals surface area (Å²) in [5, 5.41) is 10.3. The second-order valence-electron chi connectivity index (χ2n) is 8.38. The minimum absolute atomic E-state index is 0.295. The van der Waals surface area contributed by atoms with E-state index in [1.807, 2.05) is 35.3 Å². The highest BCUT2D eigenvalue weighted by Gasteiger charge is 2.19. The molecule has 180 valence electrons. The van der Waals surface area contributed by atoms with Gasteiger partial charge in [-0.05, 0) is 42.5 Å². The van der Waals surface area contributed by atoms with E-state index in [1.165, 1.54) is 5.69 Å². The van der Waals surface area contributed by atoms with Gasteiger partial charge < -0.3 is 9.64 Å².